The summed E-state index contributed by atoms with van der Waals surface area (Å²) in [6, 6.07) is 9.68. The van der Waals surface area contributed by atoms with E-state index in [2.05, 4.69) is 13.5 Å². The van der Waals surface area contributed by atoms with Crippen LogP contribution < -0.4 is 4.74 Å². The first kappa shape index (κ1) is 15.7. The van der Waals surface area contributed by atoms with Gasteiger partial charge in [0.1, 0.15) is 5.75 Å². The maximum atomic E-state index is 5.17. The number of para-hydroxylation sites is 1. The van der Waals surface area contributed by atoms with Crippen LogP contribution in [0.2, 0.25) is 0 Å². The standard InChI is InChI=1S/C8H16O.C7H8O/c1-3-5-6-8-9-7-4-2;1-8-7-5-3-2-4-6-7/h4H,2-3,5-8H2,1H3;2-6H,1H3. The van der Waals surface area contributed by atoms with E-state index in [1.54, 1.807) is 13.2 Å². The van der Waals surface area contributed by atoms with Crippen molar-refractivity contribution in [2.45, 2.75) is 26.2 Å². The molecule has 0 aliphatic heterocycles. The van der Waals surface area contributed by atoms with Crippen molar-refractivity contribution in [2.75, 3.05) is 20.3 Å². The third-order valence-electron chi connectivity index (χ3n) is 2.11. The molecule has 1 rings (SSSR count). The SMILES string of the molecule is C=CCOCCCCC.COc1ccccc1. The fourth-order valence-corrected chi connectivity index (χ4v) is 1.18. The van der Waals surface area contributed by atoms with E-state index < -0.39 is 0 Å². The Bertz CT molecular complexity index is 257. The monoisotopic (exact) mass is 236 g/mol. The van der Waals surface area contributed by atoms with E-state index in [1.807, 2.05) is 30.3 Å². The van der Waals surface area contributed by atoms with Gasteiger partial charge in [-0.25, -0.2) is 0 Å². The van der Waals surface area contributed by atoms with Crippen molar-refractivity contribution < 1.29 is 9.47 Å². The first-order valence-electron chi connectivity index (χ1n) is 6.12. The zero-order valence-corrected chi connectivity index (χ0v) is 11.0. The van der Waals surface area contributed by atoms with Gasteiger partial charge in [-0.05, 0) is 18.6 Å². The lowest BCUT2D eigenvalue weighted by Crippen LogP contribution is -1.92. The molecule has 0 amide bonds. The minimum Gasteiger partial charge on any atom is -0.497 e. The van der Waals surface area contributed by atoms with Gasteiger partial charge in [0.2, 0.25) is 0 Å². The molecular formula is C15H24O2. The summed E-state index contributed by atoms with van der Waals surface area (Å²) >= 11 is 0. The van der Waals surface area contributed by atoms with Gasteiger partial charge in [-0.1, -0.05) is 44.0 Å². The molecule has 17 heavy (non-hydrogen) atoms. The number of hydrogen-bond donors (Lipinski definition) is 0. The smallest absolute Gasteiger partial charge is 0.118 e. The fraction of sp³-hybridized carbons (Fsp3) is 0.467. The first-order chi connectivity index (χ1) is 8.35. The van der Waals surface area contributed by atoms with Gasteiger partial charge in [0, 0.05) is 6.61 Å². The largest absolute Gasteiger partial charge is 0.497 e. The van der Waals surface area contributed by atoms with Gasteiger partial charge < -0.3 is 9.47 Å². The predicted octanol–water partition coefficient (Wildman–Crippen LogP) is 4.07. The lowest BCUT2D eigenvalue weighted by molar-refractivity contribution is 0.158. The first-order valence-corrected chi connectivity index (χ1v) is 6.12. The summed E-state index contributed by atoms with van der Waals surface area (Å²) in [5, 5.41) is 0. The second kappa shape index (κ2) is 12.8. The third kappa shape index (κ3) is 11.0. The number of benzene rings is 1. The molecule has 0 radical (unpaired) electrons. The van der Waals surface area contributed by atoms with Crippen LogP contribution in [0.3, 0.4) is 0 Å². The third-order valence-corrected chi connectivity index (χ3v) is 2.11. The van der Waals surface area contributed by atoms with Gasteiger partial charge in [0.25, 0.3) is 0 Å². The zero-order valence-electron chi connectivity index (χ0n) is 11.0. The molecule has 2 nitrogen and oxygen atoms in total. The molecule has 0 heterocycles. The molecule has 0 unspecified atom stereocenters. The van der Waals surface area contributed by atoms with Gasteiger partial charge >= 0.3 is 0 Å². The lowest BCUT2D eigenvalue weighted by atomic mass is 10.3. The van der Waals surface area contributed by atoms with E-state index in [0.29, 0.717) is 6.61 Å². The van der Waals surface area contributed by atoms with E-state index in [1.165, 1.54) is 19.3 Å². The van der Waals surface area contributed by atoms with Crippen molar-refractivity contribution in [3.63, 3.8) is 0 Å². The second-order valence-corrected chi connectivity index (χ2v) is 3.59. The van der Waals surface area contributed by atoms with Gasteiger partial charge in [-0.2, -0.15) is 0 Å². The summed E-state index contributed by atoms with van der Waals surface area (Å²) in [5.41, 5.74) is 0. The molecule has 0 N–H and O–H groups in total. The Morgan fingerprint density at radius 2 is 1.88 bits per heavy atom. The number of hydrogen-bond acceptors (Lipinski definition) is 2. The number of rotatable bonds is 7. The molecule has 1 aromatic rings. The summed E-state index contributed by atoms with van der Waals surface area (Å²) in [6.07, 6.45) is 5.50. The number of unbranched alkanes of at least 4 members (excludes halogenated alkanes) is 2. The Morgan fingerprint density at radius 1 is 1.18 bits per heavy atom. The molecule has 2 heteroatoms. The van der Waals surface area contributed by atoms with Gasteiger partial charge in [-0.3, -0.25) is 0 Å². The van der Waals surface area contributed by atoms with Crippen molar-refractivity contribution in [3.8, 4) is 5.75 Å². The maximum absolute atomic E-state index is 5.17. The van der Waals surface area contributed by atoms with Crippen molar-refractivity contribution in [1.29, 1.82) is 0 Å². The van der Waals surface area contributed by atoms with E-state index in [4.69, 9.17) is 9.47 Å². The highest BCUT2D eigenvalue weighted by atomic mass is 16.5. The van der Waals surface area contributed by atoms with Crippen molar-refractivity contribution >= 4 is 0 Å². The van der Waals surface area contributed by atoms with Crippen LogP contribution in [0.5, 0.6) is 5.75 Å². The molecule has 96 valence electrons. The van der Waals surface area contributed by atoms with Gasteiger partial charge in [0.15, 0.2) is 0 Å². The van der Waals surface area contributed by atoms with Crippen LogP contribution in [-0.4, -0.2) is 20.3 Å². The maximum Gasteiger partial charge on any atom is 0.118 e. The molecule has 1 aromatic carbocycles. The van der Waals surface area contributed by atoms with E-state index >= 15 is 0 Å². The van der Waals surface area contributed by atoms with Crippen LogP contribution in [0.1, 0.15) is 26.2 Å². The number of methoxy groups -OCH3 is 1. The van der Waals surface area contributed by atoms with E-state index in [-0.39, 0.29) is 0 Å². The van der Waals surface area contributed by atoms with Gasteiger partial charge in [0.05, 0.1) is 13.7 Å². The Morgan fingerprint density at radius 3 is 2.35 bits per heavy atom. The van der Waals surface area contributed by atoms with Crippen molar-refractivity contribution in [1.82, 2.24) is 0 Å². The minimum atomic E-state index is 0.698. The summed E-state index contributed by atoms with van der Waals surface area (Å²) in [4.78, 5) is 0. The van der Waals surface area contributed by atoms with Crippen molar-refractivity contribution in [3.05, 3.63) is 43.0 Å². The predicted molar refractivity (Wildman–Crippen MR) is 73.5 cm³/mol. The summed E-state index contributed by atoms with van der Waals surface area (Å²) in [5.74, 6) is 0.910. The van der Waals surface area contributed by atoms with Crippen LogP contribution in [0.25, 0.3) is 0 Å². The molecule has 0 fully saturated rings. The molecule has 0 aliphatic rings. The Kier molecular flexibility index (Phi) is 11.8. The highest BCUT2D eigenvalue weighted by Crippen LogP contribution is 2.05. The van der Waals surface area contributed by atoms with E-state index in [9.17, 15) is 0 Å². The minimum absolute atomic E-state index is 0.698. The Balaban J connectivity index is 0.000000302. The topological polar surface area (TPSA) is 18.5 Å². The quantitative estimate of drug-likeness (QED) is 0.524. The fourth-order valence-electron chi connectivity index (χ4n) is 1.18. The Hall–Kier alpha value is -1.28. The summed E-state index contributed by atoms with van der Waals surface area (Å²) in [7, 11) is 1.66. The molecule has 0 aliphatic carbocycles. The average Bonchev–Trinajstić information content (AvgIpc) is 2.40. The molecule has 0 saturated carbocycles. The second-order valence-electron chi connectivity index (χ2n) is 3.59. The highest BCUT2D eigenvalue weighted by Gasteiger charge is 1.83. The lowest BCUT2D eigenvalue weighted by Gasteiger charge is -1.97. The van der Waals surface area contributed by atoms with E-state index in [0.717, 1.165) is 12.4 Å². The van der Waals surface area contributed by atoms with Crippen LogP contribution in [0, 0.1) is 0 Å². The Labute approximate surface area is 105 Å². The average molecular weight is 236 g/mol. The highest BCUT2D eigenvalue weighted by molar-refractivity contribution is 5.20. The van der Waals surface area contributed by atoms with Crippen molar-refractivity contribution in [2.24, 2.45) is 0 Å². The zero-order chi connectivity index (χ0) is 12.8. The molecular weight excluding hydrogens is 212 g/mol. The van der Waals surface area contributed by atoms with Gasteiger partial charge in [-0.15, -0.1) is 6.58 Å². The van der Waals surface area contributed by atoms with Crippen LogP contribution in [0.4, 0.5) is 0 Å². The molecule has 0 atom stereocenters. The molecule has 0 spiro atoms. The normalized spacial score (nSPS) is 9.06. The molecule has 0 bridgehead atoms. The molecule has 0 saturated heterocycles. The van der Waals surface area contributed by atoms with Crippen LogP contribution in [-0.2, 0) is 4.74 Å². The van der Waals surface area contributed by atoms with Crippen LogP contribution in [0.15, 0.2) is 43.0 Å². The number of ether oxygens (including phenoxy) is 2. The summed E-state index contributed by atoms with van der Waals surface area (Å²) < 4.78 is 10.1. The van der Waals surface area contributed by atoms with Crippen LogP contribution >= 0.6 is 0 Å². The molecule has 0 aromatic heterocycles. The summed E-state index contributed by atoms with van der Waals surface area (Å²) in [6.45, 7) is 7.33.